The van der Waals surface area contributed by atoms with Crippen LogP contribution in [0.25, 0.3) is 10.9 Å². The zero-order valence-electron chi connectivity index (χ0n) is 13.0. The van der Waals surface area contributed by atoms with Gasteiger partial charge in [-0.25, -0.2) is 4.98 Å². The first-order chi connectivity index (χ1) is 10.4. The van der Waals surface area contributed by atoms with Gasteiger partial charge in [-0.05, 0) is 26.8 Å². The lowest BCUT2D eigenvalue weighted by Gasteiger charge is -2.23. The molecule has 0 bridgehead atoms. The van der Waals surface area contributed by atoms with Crippen LogP contribution in [-0.2, 0) is 0 Å². The maximum absolute atomic E-state index is 11.2. The van der Waals surface area contributed by atoms with Gasteiger partial charge in [-0.1, -0.05) is 11.6 Å². The van der Waals surface area contributed by atoms with Crippen molar-refractivity contribution in [2.75, 3.05) is 25.1 Å². The number of aryl methyl sites for hydroxylation is 1. The molecule has 0 aliphatic rings. The predicted octanol–water partition coefficient (Wildman–Crippen LogP) is 3.96. The third-order valence-corrected chi connectivity index (χ3v) is 3.97. The largest absolute Gasteiger partial charge is 0.489 e. The van der Waals surface area contributed by atoms with Crippen LogP contribution in [0.15, 0.2) is 12.1 Å². The number of hydrogen-bond donors (Lipinski definition) is 0. The Morgan fingerprint density at radius 3 is 2.50 bits per heavy atom. The molecule has 0 saturated carbocycles. The monoisotopic (exact) mass is 323 g/mol. The minimum Gasteiger partial charge on any atom is -0.489 e. The number of aromatic nitrogens is 1. The highest BCUT2D eigenvalue weighted by Crippen LogP contribution is 2.40. The highest BCUT2D eigenvalue weighted by Gasteiger charge is 2.23. The normalized spacial score (nSPS) is 10.8. The molecule has 6 nitrogen and oxygen atoms in total. The van der Waals surface area contributed by atoms with E-state index in [2.05, 4.69) is 23.7 Å². The predicted molar refractivity (Wildman–Crippen MR) is 88.3 cm³/mol. The van der Waals surface area contributed by atoms with Gasteiger partial charge in [-0.2, -0.15) is 0 Å². The first-order valence-corrected chi connectivity index (χ1v) is 7.39. The van der Waals surface area contributed by atoms with Gasteiger partial charge in [0.05, 0.1) is 28.4 Å². The van der Waals surface area contributed by atoms with E-state index in [1.165, 1.54) is 13.2 Å². The van der Waals surface area contributed by atoms with Gasteiger partial charge >= 0.3 is 5.69 Å². The average Bonchev–Trinajstić information content (AvgIpc) is 2.49. The number of fused-ring (bicyclic) bond motifs is 1. The van der Waals surface area contributed by atoms with Gasteiger partial charge in [-0.3, -0.25) is 10.1 Å². The lowest BCUT2D eigenvalue weighted by Crippen LogP contribution is -2.23. The summed E-state index contributed by atoms with van der Waals surface area (Å²) in [6.07, 6.45) is 0. The number of pyridine rings is 1. The molecule has 0 N–H and O–H groups in total. The van der Waals surface area contributed by atoms with Crippen molar-refractivity contribution in [1.82, 2.24) is 4.98 Å². The van der Waals surface area contributed by atoms with Crippen molar-refractivity contribution in [1.29, 1.82) is 0 Å². The minimum absolute atomic E-state index is 0.138. The summed E-state index contributed by atoms with van der Waals surface area (Å²) in [6.45, 7) is 7.67. The van der Waals surface area contributed by atoms with Gasteiger partial charge in [-0.15, -0.1) is 0 Å². The van der Waals surface area contributed by atoms with Gasteiger partial charge in [0, 0.05) is 24.5 Å². The molecule has 1 aromatic heterocycles. The van der Waals surface area contributed by atoms with E-state index >= 15 is 0 Å². The van der Waals surface area contributed by atoms with Crippen LogP contribution in [0.2, 0.25) is 5.02 Å². The van der Waals surface area contributed by atoms with Gasteiger partial charge in [0.2, 0.25) is 5.75 Å². The quantitative estimate of drug-likeness (QED) is 0.615. The topological polar surface area (TPSA) is 68.5 Å². The van der Waals surface area contributed by atoms with Crippen molar-refractivity contribution in [3.63, 3.8) is 0 Å². The van der Waals surface area contributed by atoms with Crippen LogP contribution in [0.1, 0.15) is 19.5 Å². The summed E-state index contributed by atoms with van der Waals surface area (Å²) >= 11 is 6.23. The number of anilines is 1. The second-order valence-electron chi connectivity index (χ2n) is 4.83. The Labute approximate surface area is 133 Å². The van der Waals surface area contributed by atoms with E-state index in [1.54, 1.807) is 0 Å². The lowest BCUT2D eigenvalue weighted by atomic mass is 10.1. The Bertz CT molecular complexity index is 730. The van der Waals surface area contributed by atoms with E-state index in [0.717, 1.165) is 24.5 Å². The van der Waals surface area contributed by atoms with Crippen LogP contribution in [-0.4, -0.2) is 30.1 Å². The van der Waals surface area contributed by atoms with Crippen LogP contribution in [0.4, 0.5) is 11.4 Å². The van der Waals surface area contributed by atoms with E-state index in [4.69, 9.17) is 16.3 Å². The van der Waals surface area contributed by atoms with E-state index in [0.29, 0.717) is 15.9 Å². The molecule has 0 fully saturated rings. The number of halogens is 1. The summed E-state index contributed by atoms with van der Waals surface area (Å²) in [5.41, 5.74) is 1.99. The molecule has 0 saturated heterocycles. The highest BCUT2D eigenvalue weighted by molar-refractivity contribution is 6.36. The summed E-state index contributed by atoms with van der Waals surface area (Å²) in [7, 11) is 1.39. The van der Waals surface area contributed by atoms with Gasteiger partial charge < -0.3 is 9.64 Å². The molecule has 0 amide bonds. The Hall–Kier alpha value is -2.08. The Kier molecular flexibility index (Phi) is 4.71. The third-order valence-electron chi connectivity index (χ3n) is 3.66. The van der Waals surface area contributed by atoms with Gasteiger partial charge in [0.1, 0.15) is 5.52 Å². The fourth-order valence-corrected chi connectivity index (χ4v) is 2.80. The summed E-state index contributed by atoms with van der Waals surface area (Å²) < 4.78 is 5.21. The first kappa shape index (κ1) is 16.3. The molecule has 118 valence electrons. The molecule has 0 unspecified atom stereocenters. The zero-order chi connectivity index (χ0) is 16.4. The zero-order valence-corrected chi connectivity index (χ0v) is 13.8. The summed E-state index contributed by atoms with van der Waals surface area (Å²) in [6, 6.07) is 3.23. The maximum atomic E-state index is 11.2. The van der Waals surface area contributed by atoms with Crippen LogP contribution < -0.4 is 9.64 Å². The number of rotatable bonds is 5. The number of nitro benzene ring substituents is 1. The summed E-state index contributed by atoms with van der Waals surface area (Å²) in [4.78, 5) is 17.3. The summed E-state index contributed by atoms with van der Waals surface area (Å²) in [5, 5.41) is 12.1. The first-order valence-electron chi connectivity index (χ1n) is 7.01. The molecular weight excluding hydrogens is 306 g/mol. The molecular formula is C15H18ClN3O3. The molecule has 1 aromatic carbocycles. The van der Waals surface area contributed by atoms with Crippen LogP contribution in [0.3, 0.4) is 0 Å². The number of nitrogens with zero attached hydrogens (tertiary/aromatic N) is 3. The molecule has 22 heavy (non-hydrogen) atoms. The number of nitro groups is 1. The Morgan fingerprint density at radius 2 is 2.00 bits per heavy atom. The van der Waals surface area contributed by atoms with Crippen molar-refractivity contribution in [3.8, 4) is 5.75 Å². The van der Waals surface area contributed by atoms with E-state index in [1.807, 2.05) is 13.0 Å². The molecule has 0 atom stereocenters. The van der Waals surface area contributed by atoms with Gasteiger partial charge in [0.15, 0.2) is 0 Å². The smallest absolute Gasteiger partial charge is 0.314 e. The standard InChI is InChI=1S/C15H18ClN3O3/c1-5-18(6-2)12-7-10-11(16)8-13(19(20)21)15(22-4)14(10)17-9(12)3/h7-8H,5-6H2,1-4H3. The second kappa shape index (κ2) is 6.36. The van der Waals surface area contributed by atoms with Gasteiger partial charge in [0.25, 0.3) is 0 Å². The number of ether oxygens (including phenoxy) is 1. The minimum atomic E-state index is -0.514. The van der Waals surface area contributed by atoms with E-state index < -0.39 is 4.92 Å². The molecule has 0 spiro atoms. The van der Waals surface area contributed by atoms with Crippen molar-refractivity contribution in [2.45, 2.75) is 20.8 Å². The van der Waals surface area contributed by atoms with Crippen molar-refractivity contribution < 1.29 is 9.66 Å². The van der Waals surface area contributed by atoms with Crippen LogP contribution >= 0.6 is 11.6 Å². The van der Waals surface area contributed by atoms with Crippen molar-refractivity contribution in [3.05, 3.63) is 33.0 Å². The molecule has 2 rings (SSSR count). The van der Waals surface area contributed by atoms with Crippen LogP contribution in [0, 0.1) is 17.0 Å². The number of hydrogen-bond acceptors (Lipinski definition) is 5. The molecule has 0 radical (unpaired) electrons. The number of methoxy groups -OCH3 is 1. The maximum Gasteiger partial charge on any atom is 0.314 e. The molecule has 0 aliphatic heterocycles. The third kappa shape index (κ3) is 2.66. The fraction of sp³-hybridized carbons (Fsp3) is 0.400. The van der Waals surface area contributed by atoms with E-state index in [-0.39, 0.29) is 11.4 Å². The van der Waals surface area contributed by atoms with E-state index in [9.17, 15) is 10.1 Å². The Morgan fingerprint density at radius 1 is 1.36 bits per heavy atom. The molecule has 0 aliphatic carbocycles. The van der Waals surface area contributed by atoms with Crippen molar-refractivity contribution >= 4 is 33.9 Å². The highest BCUT2D eigenvalue weighted by atomic mass is 35.5. The summed E-state index contributed by atoms with van der Waals surface area (Å²) in [5.74, 6) is 0.138. The van der Waals surface area contributed by atoms with Crippen molar-refractivity contribution in [2.24, 2.45) is 0 Å². The fourth-order valence-electron chi connectivity index (χ4n) is 2.56. The molecule has 7 heteroatoms. The molecule has 2 aromatic rings. The average molecular weight is 324 g/mol. The number of benzene rings is 1. The van der Waals surface area contributed by atoms with Crippen LogP contribution in [0.5, 0.6) is 5.75 Å². The molecule has 1 heterocycles. The second-order valence-corrected chi connectivity index (χ2v) is 5.24. The lowest BCUT2D eigenvalue weighted by molar-refractivity contribution is -0.385. The SMILES string of the molecule is CCN(CC)c1cc2c(Cl)cc([N+](=O)[O-])c(OC)c2nc1C. The Balaban J connectivity index is 2.82.